The number of hydrogen-bond donors (Lipinski definition) is 0. The average molecular weight is 385 g/mol. The van der Waals surface area contributed by atoms with Crippen LogP contribution in [0, 0.1) is 23.7 Å². The molecule has 1 aromatic carbocycles. The molecule has 4 nitrogen and oxygen atoms in total. The second-order valence-corrected chi connectivity index (χ2v) is 10.5. The van der Waals surface area contributed by atoms with Gasteiger partial charge in [-0.05, 0) is 81.8 Å². The van der Waals surface area contributed by atoms with E-state index in [2.05, 4.69) is 0 Å². The maximum atomic E-state index is 13.1. The van der Waals surface area contributed by atoms with E-state index >= 15 is 0 Å². The molecule has 6 rings (SSSR count). The Morgan fingerprint density at radius 2 is 1.63 bits per heavy atom. The highest BCUT2D eigenvalue weighted by atomic mass is 32.2. The van der Waals surface area contributed by atoms with Crippen LogP contribution in [0.5, 0.6) is 0 Å². The molecule has 5 aliphatic rings. The number of amides is 2. The maximum Gasteiger partial charge on any atom is 0.268 e. The zero-order chi connectivity index (χ0) is 18.8. The van der Waals surface area contributed by atoms with Crippen molar-refractivity contribution >= 4 is 23.6 Å². The minimum absolute atomic E-state index is 0.0576. The molecule has 4 saturated carbocycles. The molecule has 1 aromatic rings. The first-order chi connectivity index (χ1) is 12.9. The van der Waals surface area contributed by atoms with Gasteiger partial charge in [0.25, 0.3) is 11.8 Å². The fraction of sp³-hybridized carbons (Fsp3) is 0.636. The summed E-state index contributed by atoms with van der Waals surface area (Å²) in [4.78, 5) is 27.2. The average Bonchev–Trinajstić information content (AvgIpc) is 2.65. The van der Waals surface area contributed by atoms with E-state index in [0.29, 0.717) is 17.6 Å². The van der Waals surface area contributed by atoms with E-state index in [0.717, 1.165) is 16.7 Å². The molecule has 144 valence electrons. The van der Waals surface area contributed by atoms with E-state index in [4.69, 9.17) is 0 Å². The quantitative estimate of drug-likeness (QED) is 0.738. The molecule has 0 atom stereocenters. The van der Waals surface area contributed by atoms with E-state index in [1.807, 2.05) is 49.2 Å². The first kappa shape index (κ1) is 17.6. The molecule has 27 heavy (non-hydrogen) atoms. The number of thioether (sulfide) groups is 1. The summed E-state index contributed by atoms with van der Waals surface area (Å²) >= 11 is 1.56. The van der Waals surface area contributed by atoms with Gasteiger partial charge in [0.1, 0.15) is 5.54 Å². The lowest BCUT2D eigenvalue weighted by Gasteiger charge is -2.65. The molecule has 5 fully saturated rings. The number of hydrogen-bond acceptors (Lipinski definition) is 3. The lowest BCUT2D eigenvalue weighted by atomic mass is 9.53. The fourth-order valence-corrected chi connectivity index (χ4v) is 7.17. The number of rotatable bonds is 4. The Morgan fingerprint density at radius 3 is 2.22 bits per heavy atom. The van der Waals surface area contributed by atoms with Crippen LogP contribution in [0.2, 0.25) is 0 Å². The summed E-state index contributed by atoms with van der Waals surface area (Å²) < 4.78 is 0. The monoisotopic (exact) mass is 384 g/mol. The lowest BCUT2D eigenvalue weighted by Crippen LogP contribution is -2.81. The normalized spacial score (nSPS) is 36.1. The smallest absolute Gasteiger partial charge is 0.268 e. The molecular formula is C22H28N2O2S. The van der Waals surface area contributed by atoms with Gasteiger partial charge < -0.3 is 0 Å². The molecule has 4 aliphatic carbocycles. The van der Waals surface area contributed by atoms with Crippen LogP contribution in [0.3, 0.4) is 0 Å². The van der Waals surface area contributed by atoms with Gasteiger partial charge in [0, 0.05) is 4.90 Å². The van der Waals surface area contributed by atoms with Crippen LogP contribution in [0.4, 0.5) is 0 Å². The summed E-state index contributed by atoms with van der Waals surface area (Å²) in [7, 11) is 0. The van der Waals surface area contributed by atoms with Crippen molar-refractivity contribution in [3.63, 3.8) is 0 Å². The summed E-state index contributed by atoms with van der Waals surface area (Å²) in [6, 6.07) is 10.3. The molecule has 5 heteroatoms. The molecule has 1 saturated heterocycles. The summed E-state index contributed by atoms with van der Waals surface area (Å²) in [6.07, 6.45) is 6.41. The summed E-state index contributed by atoms with van der Waals surface area (Å²) in [5, 5.41) is 3.69. The van der Waals surface area contributed by atoms with E-state index in [1.54, 1.807) is 16.8 Å². The minimum Gasteiger partial charge on any atom is -0.272 e. The molecule has 0 aromatic heterocycles. The Balaban J connectivity index is 1.34. The largest absolute Gasteiger partial charge is 0.272 e. The zero-order valence-corrected chi connectivity index (χ0v) is 17.0. The molecule has 0 unspecified atom stereocenters. The number of carbonyl (C=O) groups excluding carboxylic acids is 2. The highest BCUT2D eigenvalue weighted by molar-refractivity contribution is 8.00. The van der Waals surface area contributed by atoms with E-state index in [9.17, 15) is 9.59 Å². The van der Waals surface area contributed by atoms with Crippen molar-refractivity contribution in [2.45, 2.75) is 62.4 Å². The van der Waals surface area contributed by atoms with Gasteiger partial charge in [-0.2, -0.15) is 0 Å². The first-order valence-electron chi connectivity index (χ1n) is 10.3. The number of hydrazine groups is 1. The predicted molar refractivity (Wildman–Crippen MR) is 106 cm³/mol. The van der Waals surface area contributed by atoms with Crippen LogP contribution in [0.15, 0.2) is 35.2 Å². The van der Waals surface area contributed by atoms with Gasteiger partial charge >= 0.3 is 0 Å². The van der Waals surface area contributed by atoms with Gasteiger partial charge in [-0.25, -0.2) is 10.0 Å². The van der Waals surface area contributed by atoms with Crippen LogP contribution in [0.25, 0.3) is 0 Å². The van der Waals surface area contributed by atoms with Crippen LogP contribution in [-0.4, -0.2) is 39.2 Å². The van der Waals surface area contributed by atoms with Gasteiger partial charge in [-0.15, -0.1) is 11.8 Å². The summed E-state index contributed by atoms with van der Waals surface area (Å²) in [5.41, 5.74) is -0.705. The molecule has 1 aliphatic heterocycles. The zero-order valence-electron chi connectivity index (χ0n) is 16.1. The third-order valence-electron chi connectivity index (χ3n) is 7.28. The number of benzene rings is 1. The fourth-order valence-electron chi connectivity index (χ4n) is 6.41. The SMILES string of the molecule is CC1(C)C(=O)N(C2C3CC4CC(C3)CC2C4)N1C(=O)CSc1ccccc1. The van der Waals surface area contributed by atoms with E-state index in [-0.39, 0.29) is 17.9 Å². The molecular weight excluding hydrogens is 356 g/mol. The van der Waals surface area contributed by atoms with Crippen molar-refractivity contribution in [1.82, 2.24) is 10.0 Å². The van der Waals surface area contributed by atoms with Crippen molar-refractivity contribution in [1.29, 1.82) is 0 Å². The Hall–Kier alpha value is -1.49. The minimum atomic E-state index is -0.705. The Kier molecular flexibility index (Phi) is 4.08. The van der Waals surface area contributed by atoms with Gasteiger partial charge in [-0.3, -0.25) is 9.59 Å². The van der Waals surface area contributed by atoms with E-state index < -0.39 is 5.54 Å². The predicted octanol–water partition coefficient (Wildman–Crippen LogP) is 3.97. The van der Waals surface area contributed by atoms with E-state index in [1.165, 1.54) is 32.1 Å². The second-order valence-electron chi connectivity index (χ2n) is 9.44. The molecule has 1 heterocycles. The molecule has 0 radical (unpaired) electrons. The molecule has 4 bridgehead atoms. The Morgan fingerprint density at radius 1 is 1.04 bits per heavy atom. The van der Waals surface area contributed by atoms with Crippen LogP contribution >= 0.6 is 11.8 Å². The lowest BCUT2D eigenvalue weighted by molar-refractivity contribution is -0.242. The first-order valence-corrected chi connectivity index (χ1v) is 11.3. The highest BCUT2D eigenvalue weighted by Gasteiger charge is 2.62. The number of nitrogens with zero attached hydrogens (tertiary/aromatic N) is 2. The van der Waals surface area contributed by atoms with Gasteiger partial charge in [0.15, 0.2) is 0 Å². The van der Waals surface area contributed by atoms with Crippen molar-refractivity contribution < 1.29 is 9.59 Å². The van der Waals surface area contributed by atoms with Crippen LogP contribution in [0.1, 0.15) is 46.0 Å². The van der Waals surface area contributed by atoms with Gasteiger partial charge in [0.05, 0.1) is 11.8 Å². The highest BCUT2D eigenvalue weighted by Crippen LogP contribution is 2.57. The van der Waals surface area contributed by atoms with Crippen LogP contribution < -0.4 is 0 Å². The topological polar surface area (TPSA) is 40.6 Å². The van der Waals surface area contributed by atoms with Gasteiger partial charge in [0.2, 0.25) is 0 Å². The Bertz CT molecular complexity index is 735. The van der Waals surface area contributed by atoms with Crippen molar-refractivity contribution in [2.75, 3.05) is 5.75 Å². The van der Waals surface area contributed by atoms with Crippen molar-refractivity contribution in [2.24, 2.45) is 23.7 Å². The Labute approximate surface area is 165 Å². The van der Waals surface area contributed by atoms with Gasteiger partial charge in [-0.1, -0.05) is 18.2 Å². The standard InChI is InChI=1S/C22H28N2O2S/c1-22(2)21(26)23(20-16-9-14-8-15(11-16)12-17(20)10-14)24(22)19(25)13-27-18-6-4-3-5-7-18/h3-7,14-17,20H,8-13H2,1-2H3. The molecule has 0 N–H and O–H groups in total. The summed E-state index contributed by atoms with van der Waals surface area (Å²) in [6.45, 7) is 3.79. The summed E-state index contributed by atoms with van der Waals surface area (Å²) in [5.74, 6) is 3.50. The van der Waals surface area contributed by atoms with Crippen molar-refractivity contribution in [3.05, 3.63) is 30.3 Å². The third-order valence-corrected chi connectivity index (χ3v) is 8.27. The molecule has 2 amide bonds. The second kappa shape index (κ2) is 6.26. The molecule has 0 spiro atoms. The van der Waals surface area contributed by atoms with Crippen molar-refractivity contribution in [3.8, 4) is 0 Å². The number of carbonyl (C=O) groups is 2. The van der Waals surface area contributed by atoms with Crippen LogP contribution in [-0.2, 0) is 9.59 Å². The maximum absolute atomic E-state index is 13.1. The third kappa shape index (κ3) is 2.72.